The SMILES string of the molecule is O=C1OC(=O)c2c1cccc2-c1c(-c2ccccc2)c(-c2ccccc2)c(-c2ccccc2)c(-c2ccccc2)c1-c1cccc2c1C(=O)OC2=O. The van der Waals surface area contributed by atoms with E-state index in [1.165, 1.54) is 0 Å². The summed E-state index contributed by atoms with van der Waals surface area (Å²) in [6.07, 6.45) is 0. The van der Waals surface area contributed by atoms with Crippen LogP contribution in [0.4, 0.5) is 0 Å². The smallest absolute Gasteiger partial charge is 0.347 e. The Bertz CT molecular complexity index is 2430. The van der Waals surface area contributed by atoms with Gasteiger partial charge in [-0.2, -0.15) is 0 Å². The lowest BCUT2D eigenvalue weighted by atomic mass is 9.72. The van der Waals surface area contributed by atoms with Crippen molar-refractivity contribution in [2.24, 2.45) is 0 Å². The number of ether oxygens (including phenoxy) is 2. The van der Waals surface area contributed by atoms with Crippen LogP contribution in [0.3, 0.4) is 0 Å². The molecule has 0 atom stereocenters. The van der Waals surface area contributed by atoms with Crippen LogP contribution < -0.4 is 0 Å². The van der Waals surface area contributed by atoms with Crippen molar-refractivity contribution in [1.82, 2.24) is 0 Å². The average Bonchev–Trinajstić information content (AvgIpc) is 3.67. The fourth-order valence-corrected chi connectivity index (χ4v) is 7.54. The molecule has 2 aliphatic heterocycles. The molecular weight excluding hydrogens is 649 g/mol. The normalized spacial score (nSPS) is 13.1. The standard InChI is InChI=1S/C46H26O6/c47-43-33-25-13-23-31(39(33)45(49)51-43)41-37(29-19-9-3-10-20-29)35(27-15-5-1-6-16-27)36(28-17-7-2-8-18-28)38(30-21-11-4-12-22-30)42(41)32-24-14-26-34-40(32)46(50)52-44(34)48/h1-26H. The number of hydrogen-bond donors (Lipinski definition) is 0. The Morgan fingerprint density at radius 1 is 0.231 bits per heavy atom. The van der Waals surface area contributed by atoms with Crippen molar-refractivity contribution in [1.29, 1.82) is 0 Å². The molecule has 0 radical (unpaired) electrons. The molecule has 6 nitrogen and oxygen atoms in total. The van der Waals surface area contributed by atoms with Crippen LogP contribution in [0, 0.1) is 0 Å². The summed E-state index contributed by atoms with van der Waals surface area (Å²) in [6, 6.07) is 50.0. The van der Waals surface area contributed by atoms with Crippen molar-refractivity contribution in [2.45, 2.75) is 0 Å². The summed E-state index contributed by atoms with van der Waals surface area (Å²) in [7, 11) is 0. The van der Waals surface area contributed by atoms with Crippen LogP contribution in [0.15, 0.2) is 158 Å². The van der Waals surface area contributed by atoms with Gasteiger partial charge in [-0.25, -0.2) is 19.2 Å². The van der Waals surface area contributed by atoms with Gasteiger partial charge in [-0.1, -0.05) is 146 Å². The number of hydrogen-bond acceptors (Lipinski definition) is 6. The van der Waals surface area contributed by atoms with E-state index >= 15 is 0 Å². The summed E-state index contributed by atoms with van der Waals surface area (Å²) < 4.78 is 10.4. The fourth-order valence-electron chi connectivity index (χ4n) is 7.54. The maximum atomic E-state index is 13.7. The number of carbonyl (C=O) groups is 4. The van der Waals surface area contributed by atoms with Crippen molar-refractivity contribution < 1.29 is 28.7 Å². The summed E-state index contributed by atoms with van der Waals surface area (Å²) in [5.41, 5.74) is 9.37. The summed E-state index contributed by atoms with van der Waals surface area (Å²) in [6.45, 7) is 0. The maximum absolute atomic E-state index is 13.7. The number of cyclic esters (lactones) is 4. The van der Waals surface area contributed by atoms with Crippen molar-refractivity contribution >= 4 is 23.9 Å². The predicted molar refractivity (Wildman–Crippen MR) is 199 cm³/mol. The zero-order valence-electron chi connectivity index (χ0n) is 27.5. The summed E-state index contributed by atoms with van der Waals surface area (Å²) >= 11 is 0. The second-order valence-corrected chi connectivity index (χ2v) is 12.5. The van der Waals surface area contributed by atoms with Crippen molar-refractivity contribution in [3.8, 4) is 66.8 Å². The first-order chi connectivity index (χ1) is 25.5. The first kappa shape index (κ1) is 30.8. The molecule has 6 heteroatoms. The minimum atomic E-state index is -0.761. The molecule has 0 N–H and O–H groups in total. The van der Waals surface area contributed by atoms with Crippen LogP contribution in [0.5, 0.6) is 0 Å². The molecule has 7 aromatic rings. The van der Waals surface area contributed by atoms with Gasteiger partial charge in [0.05, 0.1) is 22.3 Å². The Hall–Kier alpha value is -7.18. The van der Waals surface area contributed by atoms with E-state index < -0.39 is 23.9 Å². The maximum Gasteiger partial charge on any atom is 0.347 e. The Morgan fingerprint density at radius 3 is 0.808 bits per heavy atom. The molecule has 7 aromatic carbocycles. The van der Waals surface area contributed by atoms with E-state index in [-0.39, 0.29) is 22.3 Å². The number of esters is 4. The summed E-state index contributed by atoms with van der Waals surface area (Å²) in [5.74, 6) is -2.98. The van der Waals surface area contributed by atoms with Crippen LogP contribution in [0.2, 0.25) is 0 Å². The molecule has 0 saturated carbocycles. The minimum Gasteiger partial charge on any atom is -0.386 e. The molecule has 52 heavy (non-hydrogen) atoms. The molecule has 0 bridgehead atoms. The van der Waals surface area contributed by atoms with E-state index in [1.807, 2.05) is 109 Å². The molecule has 0 spiro atoms. The zero-order valence-corrected chi connectivity index (χ0v) is 27.5. The van der Waals surface area contributed by atoms with Crippen LogP contribution in [-0.4, -0.2) is 23.9 Å². The van der Waals surface area contributed by atoms with Gasteiger partial charge < -0.3 is 9.47 Å². The Morgan fingerprint density at radius 2 is 0.500 bits per heavy atom. The summed E-state index contributed by atoms with van der Waals surface area (Å²) in [4.78, 5) is 53.5. The van der Waals surface area contributed by atoms with E-state index in [0.717, 1.165) is 44.5 Å². The molecule has 2 aliphatic rings. The quantitative estimate of drug-likeness (QED) is 0.129. The Labute approximate surface area is 298 Å². The molecular formula is C46H26O6. The van der Waals surface area contributed by atoms with Gasteiger partial charge in [-0.05, 0) is 78.9 Å². The third kappa shape index (κ3) is 4.81. The second kappa shape index (κ2) is 12.3. The molecule has 0 fully saturated rings. The van der Waals surface area contributed by atoms with Gasteiger partial charge in [-0.15, -0.1) is 0 Å². The van der Waals surface area contributed by atoms with E-state index in [4.69, 9.17) is 9.47 Å². The monoisotopic (exact) mass is 674 g/mol. The average molecular weight is 675 g/mol. The molecule has 0 saturated heterocycles. The number of carbonyl (C=O) groups excluding carboxylic acids is 4. The minimum absolute atomic E-state index is 0.127. The van der Waals surface area contributed by atoms with Gasteiger partial charge in [0.15, 0.2) is 0 Å². The first-order valence-corrected chi connectivity index (χ1v) is 16.8. The van der Waals surface area contributed by atoms with Crippen LogP contribution >= 0.6 is 0 Å². The lowest BCUT2D eigenvalue weighted by Gasteiger charge is -2.29. The van der Waals surface area contributed by atoms with Crippen LogP contribution in [0.1, 0.15) is 41.4 Å². The third-order valence-corrected chi connectivity index (χ3v) is 9.64. The molecule has 2 heterocycles. The molecule has 0 amide bonds. The first-order valence-electron chi connectivity index (χ1n) is 16.8. The van der Waals surface area contributed by atoms with Gasteiger partial charge in [0.1, 0.15) is 0 Å². The van der Waals surface area contributed by atoms with Crippen molar-refractivity contribution in [3.05, 3.63) is 180 Å². The van der Waals surface area contributed by atoms with Crippen molar-refractivity contribution in [3.63, 3.8) is 0 Å². The highest BCUT2D eigenvalue weighted by molar-refractivity contribution is 6.24. The van der Waals surface area contributed by atoms with Crippen molar-refractivity contribution in [2.75, 3.05) is 0 Å². The van der Waals surface area contributed by atoms with Gasteiger partial charge in [0, 0.05) is 0 Å². The molecule has 0 unspecified atom stereocenters. The molecule has 0 aromatic heterocycles. The second-order valence-electron chi connectivity index (χ2n) is 12.5. The molecule has 0 aliphatic carbocycles. The zero-order chi connectivity index (χ0) is 35.3. The largest absolute Gasteiger partial charge is 0.386 e. The van der Waals surface area contributed by atoms with Crippen LogP contribution in [0.25, 0.3) is 66.8 Å². The Kier molecular flexibility index (Phi) is 7.30. The van der Waals surface area contributed by atoms with Gasteiger partial charge in [-0.3, -0.25) is 0 Å². The van der Waals surface area contributed by atoms with E-state index in [9.17, 15) is 19.2 Å². The molecule has 9 rings (SSSR count). The van der Waals surface area contributed by atoms with E-state index in [0.29, 0.717) is 22.3 Å². The molecule has 246 valence electrons. The van der Waals surface area contributed by atoms with Crippen LogP contribution in [-0.2, 0) is 9.47 Å². The number of fused-ring (bicyclic) bond motifs is 2. The highest BCUT2D eigenvalue weighted by Crippen LogP contribution is 2.57. The Balaban J connectivity index is 1.63. The highest BCUT2D eigenvalue weighted by atomic mass is 16.6. The van der Waals surface area contributed by atoms with E-state index in [1.54, 1.807) is 24.3 Å². The topological polar surface area (TPSA) is 86.7 Å². The highest BCUT2D eigenvalue weighted by Gasteiger charge is 2.39. The van der Waals surface area contributed by atoms with Gasteiger partial charge in [0.2, 0.25) is 0 Å². The number of benzene rings is 7. The lowest BCUT2D eigenvalue weighted by Crippen LogP contribution is -2.07. The summed E-state index contributed by atoms with van der Waals surface area (Å²) in [5, 5.41) is 0. The van der Waals surface area contributed by atoms with Gasteiger partial charge in [0.25, 0.3) is 0 Å². The van der Waals surface area contributed by atoms with E-state index in [2.05, 4.69) is 24.3 Å². The third-order valence-electron chi connectivity index (χ3n) is 9.64. The number of rotatable bonds is 6. The predicted octanol–water partition coefficient (Wildman–Crippen LogP) is 10.3. The lowest BCUT2D eigenvalue weighted by molar-refractivity contribution is 0.0426. The fraction of sp³-hybridized carbons (Fsp3) is 0. The van der Waals surface area contributed by atoms with Gasteiger partial charge >= 0.3 is 23.9 Å².